The first-order valence-corrected chi connectivity index (χ1v) is 8.60. The SMILES string of the molecule is CSc1cccc(N2c3ccccc3CC2C)c1C(N)=S. The Morgan fingerprint density at radius 1 is 1.19 bits per heavy atom. The molecular weight excluding hydrogens is 296 g/mol. The highest BCUT2D eigenvalue weighted by molar-refractivity contribution is 7.98. The van der Waals surface area contributed by atoms with Crippen LogP contribution in [-0.4, -0.2) is 17.3 Å². The van der Waals surface area contributed by atoms with Gasteiger partial charge in [0.25, 0.3) is 0 Å². The topological polar surface area (TPSA) is 29.3 Å². The maximum Gasteiger partial charge on any atom is 0.107 e. The van der Waals surface area contributed by atoms with Gasteiger partial charge in [0, 0.05) is 22.2 Å². The quantitative estimate of drug-likeness (QED) is 0.681. The van der Waals surface area contributed by atoms with Crippen LogP contribution in [0, 0.1) is 0 Å². The van der Waals surface area contributed by atoms with E-state index in [1.807, 2.05) is 0 Å². The first-order chi connectivity index (χ1) is 10.1. The van der Waals surface area contributed by atoms with Crippen molar-refractivity contribution in [1.82, 2.24) is 0 Å². The molecule has 2 aromatic carbocycles. The summed E-state index contributed by atoms with van der Waals surface area (Å²) >= 11 is 7.00. The standard InChI is InChI=1S/C17H18N2S2/c1-11-10-12-6-3-4-7-13(12)19(11)14-8-5-9-15(21-2)16(14)17(18)20/h3-9,11H,10H2,1-2H3,(H2,18,20). The average molecular weight is 314 g/mol. The zero-order valence-electron chi connectivity index (χ0n) is 12.2. The highest BCUT2D eigenvalue weighted by atomic mass is 32.2. The van der Waals surface area contributed by atoms with Gasteiger partial charge in [0.1, 0.15) is 4.99 Å². The van der Waals surface area contributed by atoms with Crippen LogP contribution in [0.1, 0.15) is 18.1 Å². The van der Waals surface area contributed by atoms with Gasteiger partial charge in [0.15, 0.2) is 0 Å². The molecule has 4 heteroatoms. The predicted molar refractivity (Wildman–Crippen MR) is 95.9 cm³/mol. The van der Waals surface area contributed by atoms with E-state index in [-0.39, 0.29) is 0 Å². The second-order valence-electron chi connectivity index (χ2n) is 5.27. The van der Waals surface area contributed by atoms with Crippen molar-refractivity contribution in [1.29, 1.82) is 0 Å². The summed E-state index contributed by atoms with van der Waals surface area (Å²) in [5, 5.41) is 0. The largest absolute Gasteiger partial charge is 0.389 e. The van der Waals surface area contributed by atoms with Crippen LogP contribution in [0.25, 0.3) is 0 Å². The Morgan fingerprint density at radius 3 is 2.62 bits per heavy atom. The maximum absolute atomic E-state index is 6.02. The van der Waals surface area contributed by atoms with E-state index in [4.69, 9.17) is 18.0 Å². The molecule has 1 atom stereocenters. The second kappa shape index (κ2) is 5.70. The summed E-state index contributed by atoms with van der Waals surface area (Å²) < 4.78 is 0. The normalized spacial score (nSPS) is 16.9. The lowest BCUT2D eigenvalue weighted by molar-refractivity contribution is 0.758. The summed E-state index contributed by atoms with van der Waals surface area (Å²) in [5.74, 6) is 0. The smallest absolute Gasteiger partial charge is 0.107 e. The summed E-state index contributed by atoms with van der Waals surface area (Å²) in [7, 11) is 0. The van der Waals surface area contributed by atoms with Gasteiger partial charge in [-0.15, -0.1) is 11.8 Å². The molecule has 2 aromatic rings. The van der Waals surface area contributed by atoms with Crippen LogP contribution in [0.2, 0.25) is 0 Å². The van der Waals surface area contributed by atoms with Gasteiger partial charge in [-0.2, -0.15) is 0 Å². The molecule has 1 aliphatic heterocycles. The number of para-hydroxylation sites is 1. The van der Waals surface area contributed by atoms with Crippen LogP contribution in [0.15, 0.2) is 47.4 Å². The molecule has 21 heavy (non-hydrogen) atoms. The first kappa shape index (κ1) is 14.4. The predicted octanol–water partition coefficient (Wildman–Crippen LogP) is 4.13. The Labute approximate surface area is 135 Å². The monoisotopic (exact) mass is 314 g/mol. The van der Waals surface area contributed by atoms with E-state index in [1.54, 1.807) is 11.8 Å². The van der Waals surface area contributed by atoms with E-state index in [1.165, 1.54) is 11.3 Å². The Balaban J connectivity index is 2.19. The van der Waals surface area contributed by atoms with Crippen molar-refractivity contribution in [3.05, 3.63) is 53.6 Å². The van der Waals surface area contributed by atoms with Crippen LogP contribution < -0.4 is 10.6 Å². The van der Waals surface area contributed by atoms with E-state index in [0.717, 1.165) is 22.6 Å². The number of thiocarbonyl (C=S) groups is 1. The first-order valence-electron chi connectivity index (χ1n) is 6.97. The number of hydrogen-bond donors (Lipinski definition) is 1. The fourth-order valence-electron chi connectivity index (χ4n) is 3.07. The molecule has 2 nitrogen and oxygen atoms in total. The molecule has 3 rings (SSSR count). The number of anilines is 2. The Hall–Kier alpha value is -1.52. The van der Waals surface area contributed by atoms with Crippen molar-refractivity contribution in [3.63, 3.8) is 0 Å². The minimum absolute atomic E-state index is 0.410. The molecule has 0 fully saturated rings. The molecule has 2 N–H and O–H groups in total. The van der Waals surface area contributed by atoms with Crippen LogP contribution in [0.3, 0.4) is 0 Å². The van der Waals surface area contributed by atoms with E-state index in [2.05, 4.69) is 60.5 Å². The fraction of sp³-hybridized carbons (Fsp3) is 0.235. The lowest BCUT2D eigenvalue weighted by atomic mass is 10.1. The minimum atomic E-state index is 0.410. The second-order valence-corrected chi connectivity index (χ2v) is 6.56. The highest BCUT2D eigenvalue weighted by Crippen LogP contribution is 2.41. The van der Waals surface area contributed by atoms with Gasteiger partial charge in [0.05, 0.1) is 5.69 Å². The van der Waals surface area contributed by atoms with Crippen molar-refractivity contribution >= 4 is 40.3 Å². The molecule has 1 unspecified atom stereocenters. The number of rotatable bonds is 3. The molecule has 0 aromatic heterocycles. The van der Waals surface area contributed by atoms with Crippen LogP contribution in [-0.2, 0) is 6.42 Å². The molecule has 1 aliphatic rings. The van der Waals surface area contributed by atoms with Crippen molar-refractivity contribution in [2.24, 2.45) is 5.73 Å². The Morgan fingerprint density at radius 2 is 1.90 bits per heavy atom. The molecule has 108 valence electrons. The lowest BCUT2D eigenvalue weighted by Gasteiger charge is -2.28. The van der Waals surface area contributed by atoms with Crippen molar-refractivity contribution < 1.29 is 0 Å². The molecule has 0 radical (unpaired) electrons. The molecule has 0 spiro atoms. The summed E-state index contributed by atoms with van der Waals surface area (Å²) in [4.78, 5) is 3.96. The van der Waals surface area contributed by atoms with Crippen molar-refractivity contribution in [3.8, 4) is 0 Å². The fourth-order valence-corrected chi connectivity index (χ4v) is 3.98. The molecule has 0 saturated carbocycles. The summed E-state index contributed by atoms with van der Waals surface area (Å²) in [5.41, 5.74) is 10.8. The maximum atomic E-state index is 6.02. The lowest BCUT2D eigenvalue weighted by Crippen LogP contribution is -2.27. The average Bonchev–Trinajstić information content (AvgIpc) is 2.81. The Kier molecular flexibility index (Phi) is 3.91. The van der Waals surface area contributed by atoms with Gasteiger partial charge in [-0.05, 0) is 43.4 Å². The zero-order valence-corrected chi connectivity index (χ0v) is 13.8. The summed E-state index contributed by atoms with van der Waals surface area (Å²) in [6, 6.07) is 15.2. The zero-order chi connectivity index (χ0) is 15.0. The van der Waals surface area contributed by atoms with Gasteiger partial charge in [-0.3, -0.25) is 0 Å². The molecule has 0 amide bonds. The molecule has 0 saturated heterocycles. The molecule has 0 bridgehead atoms. The van der Waals surface area contributed by atoms with Gasteiger partial charge >= 0.3 is 0 Å². The van der Waals surface area contributed by atoms with Gasteiger partial charge in [-0.25, -0.2) is 0 Å². The van der Waals surface area contributed by atoms with Crippen molar-refractivity contribution in [2.75, 3.05) is 11.2 Å². The van der Waals surface area contributed by atoms with Gasteiger partial charge in [-0.1, -0.05) is 36.5 Å². The number of hydrogen-bond acceptors (Lipinski definition) is 3. The number of nitrogens with two attached hydrogens (primary N) is 1. The van der Waals surface area contributed by atoms with Crippen molar-refractivity contribution in [2.45, 2.75) is 24.3 Å². The van der Waals surface area contributed by atoms with Crippen LogP contribution in [0.4, 0.5) is 11.4 Å². The summed E-state index contributed by atoms with van der Waals surface area (Å²) in [6.45, 7) is 2.25. The molecule has 1 heterocycles. The van der Waals surface area contributed by atoms with E-state index in [0.29, 0.717) is 11.0 Å². The third kappa shape index (κ3) is 2.43. The third-order valence-corrected chi connectivity index (χ3v) is 4.92. The number of nitrogens with zero attached hydrogens (tertiary/aromatic N) is 1. The summed E-state index contributed by atoms with van der Waals surface area (Å²) in [6.07, 6.45) is 3.11. The highest BCUT2D eigenvalue weighted by Gasteiger charge is 2.29. The van der Waals surface area contributed by atoms with Gasteiger partial charge in [0.2, 0.25) is 0 Å². The van der Waals surface area contributed by atoms with Crippen LogP contribution >= 0.6 is 24.0 Å². The van der Waals surface area contributed by atoms with Gasteiger partial charge < -0.3 is 10.6 Å². The number of thioether (sulfide) groups is 1. The number of benzene rings is 2. The van der Waals surface area contributed by atoms with E-state index < -0.39 is 0 Å². The van der Waals surface area contributed by atoms with E-state index in [9.17, 15) is 0 Å². The Bertz CT molecular complexity index is 697. The number of fused-ring (bicyclic) bond motifs is 1. The van der Waals surface area contributed by atoms with Crippen LogP contribution in [0.5, 0.6) is 0 Å². The molecular formula is C17H18N2S2. The van der Waals surface area contributed by atoms with E-state index >= 15 is 0 Å². The molecule has 0 aliphatic carbocycles. The minimum Gasteiger partial charge on any atom is -0.389 e. The third-order valence-electron chi connectivity index (χ3n) is 3.94.